The zero-order valence-corrected chi connectivity index (χ0v) is 17.7. The molecule has 154 valence electrons. The van der Waals surface area contributed by atoms with Gasteiger partial charge in [0.1, 0.15) is 11.6 Å². The Bertz CT molecular complexity index is 1040. The van der Waals surface area contributed by atoms with E-state index in [1.54, 1.807) is 6.07 Å². The summed E-state index contributed by atoms with van der Waals surface area (Å²) in [5.74, 6) is 0.350. The maximum absolute atomic E-state index is 13.6. The van der Waals surface area contributed by atoms with Crippen LogP contribution in [0.4, 0.5) is 4.39 Å². The number of halogens is 1. The summed E-state index contributed by atoms with van der Waals surface area (Å²) in [6.07, 6.45) is 0. The summed E-state index contributed by atoms with van der Waals surface area (Å²) in [4.78, 5) is 17.1. The minimum absolute atomic E-state index is 0.158. The lowest BCUT2D eigenvalue weighted by Crippen LogP contribution is -2.21. The van der Waals surface area contributed by atoms with Gasteiger partial charge >= 0.3 is 0 Å². The molecule has 0 atom stereocenters. The highest BCUT2D eigenvalue weighted by atomic mass is 32.1. The molecule has 1 heterocycles. The largest absolute Gasteiger partial charge is 0.484 e. The molecule has 2 aromatic carbocycles. The van der Waals surface area contributed by atoms with E-state index >= 15 is 0 Å². The van der Waals surface area contributed by atoms with Crippen LogP contribution < -0.4 is 9.54 Å². The molecular formula is C22H25FN2O3S. The predicted octanol–water partition coefficient (Wildman–Crippen LogP) is 4.51. The molecule has 0 aliphatic heterocycles. The van der Waals surface area contributed by atoms with Crippen molar-refractivity contribution < 1.29 is 18.7 Å². The SMILES string of the molecule is CCOCCn1c(=NC(=O)COc2ccc(C(C)C)cc2)sc2cc(F)ccc21. The van der Waals surface area contributed by atoms with Crippen molar-refractivity contribution in [2.24, 2.45) is 4.99 Å². The second kappa shape index (κ2) is 9.80. The molecule has 0 aliphatic rings. The number of rotatable bonds is 8. The van der Waals surface area contributed by atoms with Crippen molar-refractivity contribution in [3.63, 3.8) is 0 Å². The zero-order valence-electron chi connectivity index (χ0n) is 16.9. The van der Waals surface area contributed by atoms with Crippen LogP contribution >= 0.6 is 11.3 Å². The first-order valence-corrected chi connectivity index (χ1v) is 10.5. The molecule has 1 aromatic heterocycles. The van der Waals surface area contributed by atoms with E-state index in [4.69, 9.17) is 9.47 Å². The van der Waals surface area contributed by atoms with Crippen molar-refractivity contribution in [3.8, 4) is 5.75 Å². The summed E-state index contributed by atoms with van der Waals surface area (Å²) in [5, 5.41) is 0. The second-order valence-electron chi connectivity index (χ2n) is 6.86. The van der Waals surface area contributed by atoms with Crippen LogP contribution in [0.15, 0.2) is 47.5 Å². The molecule has 29 heavy (non-hydrogen) atoms. The molecule has 0 radical (unpaired) electrons. The maximum Gasteiger partial charge on any atom is 0.286 e. The lowest BCUT2D eigenvalue weighted by Gasteiger charge is -2.07. The summed E-state index contributed by atoms with van der Waals surface area (Å²) in [7, 11) is 0. The van der Waals surface area contributed by atoms with E-state index in [9.17, 15) is 9.18 Å². The van der Waals surface area contributed by atoms with Gasteiger partial charge in [-0.25, -0.2) is 4.39 Å². The van der Waals surface area contributed by atoms with Crippen molar-refractivity contribution in [2.75, 3.05) is 19.8 Å². The average molecular weight is 417 g/mol. The highest BCUT2D eigenvalue weighted by Crippen LogP contribution is 2.20. The molecule has 0 aliphatic carbocycles. The number of fused-ring (bicyclic) bond motifs is 1. The van der Waals surface area contributed by atoms with E-state index in [1.807, 2.05) is 35.8 Å². The number of ether oxygens (including phenoxy) is 2. The van der Waals surface area contributed by atoms with Crippen molar-refractivity contribution in [1.82, 2.24) is 4.57 Å². The number of carbonyl (C=O) groups is 1. The summed E-state index contributed by atoms with van der Waals surface area (Å²) in [6, 6.07) is 12.2. The quantitative estimate of drug-likeness (QED) is 0.508. The molecule has 3 aromatic rings. The fraction of sp³-hybridized carbons (Fsp3) is 0.364. The van der Waals surface area contributed by atoms with Crippen LogP contribution in [0.2, 0.25) is 0 Å². The third-order valence-electron chi connectivity index (χ3n) is 4.44. The normalized spacial score (nSPS) is 12.1. The van der Waals surface area contributed by atoms with Crippen LogP contribution in [0, 0.1) is 5.82 Å². The third kappa shape index (κ3) is 5.52. The van der Waals surface area contributed by atoms with Gasteiger partial charge in [-0.1, -0.05) is 37.3 Å². The number of carbonyl (C=O) groups excluding carboxylic acids is 1. The number of benzene rings is 2. The first-order chi connectivity index (χ1) is 14.0. The number of aromatic nitrogens is 1. The van der Waals surface area contributed by atoms with Gasteiger partial charge < -0.3 is 14.0 Å². The van der Waals surface area contributed by atoms with Gasteiger partial charge in [-0.2, -0.15) is 4.99 Å². The Balaban J connectivity index is 1.78. The predicted molar refractivity (Wildman–Crippen MR) is 113 cm³/mol. The van der Waals surface area contributed by atoms with Crippen molar-refractivity contribution in [2.45, 2.75) is 33.2 Å². The van der Waals surface area contributed by atoms with E-state index in [-0.39, 0.29) is 12.4 Å². The summed E-state index contributed by atoms with van der Waals surface area (Å²) in [5.41, 5.74) is 2.04. The molecule has 7 heteroatoms. The number of thiazole rings is 1. The van der Waals surface area contributed by atoms with Crippen molar-refractivity contribution in [3.05, 3.63) is 58.6 Å². The Morgan fingerprint density at radius 3 is 2.66 bits per heavy atom. The van der Waals surface area contributed by atoms with Gasteiger partial charge in [0.15, 0.2) is 11.4 Å². The van der Waals surface area contributed by atoms with Crippen LogP contribution in [0.5, 0.6) is 5.75 Å². The molecular weight excluding hydrogens is 391 g/mol. The maximum atomic E-state index is 13.6. The molecule has 0 fully saturated rings. The molecule has 1 amide bonds. The lowest BCUT2D eigenvalue weighted by atomic mass is 10.0. The van der Waals surface area contributed by atoms with Gasteiger partial charge in [-0.15, -0.1) is 0 Å². The van der Waals surface area contributed by atoms with Crippen LogP contribution in [-0.4, -0.2) is 30.3 Å². The van der Waals surface area contributed by atoms with E-state index in [0.717, 1.165) is 10.2 Å². The molecule has 5 nitrogen and oxygen atoms in total. The minimum Gasteiger partial charge on any atom is -0.484 e. The zero-order chi connectivity index (χ0) is 20.8. The van der Waals surface area contributed by atoms with E-state index in [0.29, 0.717) is 36.2 Å². The van der Waals surface area contributed by atoms with Gasteiger partial charge in [0.25, 0.3) is 5.91 Å². The van der Waals surface area contributed by atoms with Gasteiger partial charge in [-0.05, 0) is 48.7 Å². The summed E-state index contributed by atoms with van der Waals surface area (Å²) in [6.45, 7) is 7.63. The Hall–Kier alpha value is -2.51. The number of nitrogens with zero attached hydrogens (tertiary/aromatic N) is 2. The highest BCUT2D eigenvalue weighted by molar-refractivity contribution is 7.16. The fourth-order valence-corrected chi connectivity index (χ4v) is 3.98. The molecule has 0 spiro atoms. The topological polar surface area (TPSA) is 52.8 Å². The first-order valence-electron chi connectivity index (χ1n) is 9.65. The Morgan fingerprint density at radius 2 is 1.97 bits per heavy atom. The fourth-order valence-electron chi connectivity index (χ4n) is 2.88. The molecule has 0 saturated carbocycles. The second-order valence-corrected chi connectivity index (χ2v) is 7.87. The van der Waals surface area contributed by atoms with Gasteiger partial charge in [0, 0.05) is 13.2 Å². The van der Waals surface area contributed by atoms with Gasteiger partial charge in [0.2, 0.25) is 0 Å². The highest BCUT2D eigenvalue weighted by Gasteiger charge is 2.10. The van der Waals surface area contributed by atoms with E-state index < -0.39 is 5.91 Å². The Labute approximate surface area is 173 Å². The molecule has 3 rings (SSSR count). The van der Waals surface area contributed by atoms with E-state index in [2.05, 4.69) is 18.8 Å². The third-order valence-corrected chi connectivity index (χ3v) is 5.48. The number of hydrogen-bond acceptors (Lipinski definition) is 4. The smallest absolute Gasteiger partial charge is 0.286 e. The molecule has 0 unspecified atom stereocenters. The Morgan fingerprint density at radius 1 is 1.21 bits per heavy atom. The van der Waals surface area contributed by atoms with Crippen LogP contribution in [-0.2, 0) is 16.1 Å². The monoisotopic (exact) mass is 416 g/mol. The van der Waals surface area contributed by atoms with Gasteiger partial charge in [-0.3, -0.25) is 4.79 Å². The summed E-state index contributed by atoms with van der Waals surface area (Å²) >= 11 is 1.28. The summed E-state index contributed by atoms with van der Waals surface area (Å²) < 4.78 is 27.2. The molecule has 0 saturated heterocycles. The first kappa shape index (κ1) is 21.2. The van der Waals surface area contributed by atoms with Crippen LogP contribution in [0.25, 0.3) is 10.2 Å². The van der Waals surface area contributed by atoms with Crippen LogP contribution in [0.3, 0.4) is 0 Å². The lowest BCUT2D eigenvalue weighted by molar-refractivity contribution is -0.120. The minimum atomic E-state index is -0.393. The number of hydrogen-bond donors (Lipinski definition) is 0. The van der Waals surface area contributed by atoms with E-state index in [1.165, 1.54) is 29.0 Å². The molecule has 0 N–H and O–H groups in total. The van der Waals surface area contributed by atoms with Crippen molar-refractivity contribution in [1.29, 1.82) is 0 Å². The van der Waals surface area contributed by atoms with Crippen LogP contribution in [0.1, 0.15) is 32.3 Å². The van der Waals surface area contributed by atoms with Crippen molar-refractivity contribution >= 4 is 27.5 Å². The molecule has 0 bridgehead atoms. The Kier molecular flexibility index (Phi) is 7.17. The number of amides is 1. The average Bonchev–Trinajstić information content (AvgIpc) is 3.03. The standard InChI is InChI=1S/C22H25FN2O3S/c1-4-27-12-11-25-19-10-7-17(23)13-20(19)29-22(25)24-21(26)14-28-18-8-5-16(6-9-18)15(2)3/h5-10,13,15H,4,11-12,14H2,1-3H3. The van der Waals surface area contributed by atoms with Gasteiger partial charge in [0.05, 0.1) is 16.8 Å².